The van der Waals surface area contributed by atoms with Crippen LogP contribution in [0.3, 0.4) is 0 Å². The Kier molecular flexibility index (Phi) is 4.48. The summed E-state index contributed by atoms with van der Waals surface area (Å²) in [6.07, 6.45) is 2.62. The van der Waals surface area contributed by atoms with E-state index in [1.807, 2.05) is 24.3 Å². The van der Waals surface area contributed by atoms with E-state index in [9.17, 15) is 13.2 Å². The zero-order valence-corrected chi connectivity index (χ0v) is 12.8. The lowest BCUT2D eigenvalue weighted by Gasteiger charge is -2.23. The van der Waals surface area contributed by atoms with Crippen LogP contribution in [0.2, 0.25) is 0 Å². The summed E-state index contributed by atoms with van der Waals surface area (Å²) in [5.74, 6) is 0.170. The molecule has 0 saturated carbocycles. The van der Waals surface area contributed by atoms with Gasteiger partial charge in [-0.2, -0.15) is 0 Å². The van der Waals surface area contributed by atoms with Crippen molar-refractivity contribution in [3.05, 3.63) is 35.4 Å². The van der Waals surface area contributed by atoms with Crippen LogP contribution < -0.4 is 0 Å². The topological polar surface area (TPSA) is 54.5 Å². The van der Waals surface area contributed by atoms with E-state index in [4.69, 9.17) is 0 Å². The molecule has 2 rings (SSSR count). The molecule has 0 aliphatic carbocycles. The Morgan fingerprint density at radius 1 is 1.30 bits per heavy atom. The van der Waals surface area contributed by atoms with Crippen molar-refractivity contribution < 1.29 is 13.2 Å². The number of aryl methyl sites for hydroxylation is 1. The molecule has 0 bridgehead atoms. The molecule has 4 nitrogen and oxygen atoms in total. The molecule has 20 heavy (non-hydrogen) atoms. The Morgan fingerprint density at radius 3 is 2.45 bits per heavy atom. The molecule has 110 valence electrons. The SMILES string of the molecule is CCCc1ccc(C(=O)N(C)C2CCS(=O)(=O)C2)cc1. The van der Waals surface area contributed by atoms with Crippen LogP contribution in [0, 0.1) is 0 Å². The van der Waals surface area contributed by atoms with Gasteiger partial charge in [0.2, 0.25) is 0 Å². The molecule has 5 heteroatoms. The van der Waals surface area contributed by atoms with E-state index >= 15 is 0 Å². The van der Waals surface area contributed by atoms with Crippen molar-refractivity contribution in [2.24, 2.45) is 0 Å². The van der Waals surface area contributed by atoms with Crippen molar-refractivity contribution in [2.75, 3.05) is 18.6 Å². The molecule has 1 amide bonds. The highest BCUT2D eigenvalue weighted by Gasteiger charge is 2.32. The molecule has 1 unspecified atom stereocenters. The van der Waals surface area contributed by atoms with Crippen LogP contribution in [0.4, 0.5) is 0 Å². The van der Waals surface area contributed by atoms with E-state index in [2.05, 4.69) is 6.92 Å². The second-order valence-electron chi connectivity index (χ2n) is 5.42. The molecular formula is C15H21NO3S. The first-order chi connectivity index (χ1) is 9.43. The number of rotatable bonds is 4. The molecular weight excluding hydrogens is 274 g/mol. The lowest BCUT2D eigenvalue weighted by atomic mass is 10.1. The minimum absolute atomic E-state index is 0.0865. The summed E-state index contributed by atoms with van der Waals surface area (Å²) in [5.41, 5.74) is 1.84. The maximum atomic E-state index is 12.3. The van der Waals surface area contributed by atoms with Gasteiger partial charge in [0.1, 0.15) is 0 Å². The summed E-state index contributed by atoms with van der Waals surface area (Å²) in [5, 5.41) is 0. The van der Waals surface area contributed by atoms with Gasteiger partial charge in [-0.15, -0.1) is 0 Å². The van der Waals surface area contributed by atoms with E-state index < -0.39 is 9.84 Å². The van der Waals surface area contributed by atoms with Crippen LogP contribution >= 0.6 is 0 Å². The fraction of sp³-hybridized carbons (Fsp3) is 0.533. The van der Waals surface area contributed by atoms with Crippen molar-refractivity contribution in [3.8, 4) is 0 Å². The first-order valence-corrected chi connectivity index (χ1v) is 8.81. The second kappa shape index (κ2) is 5.95. The molecule has 1 saturated heterocycles. The van der Waals surface area contributed by atoms with E-state index in [0.29, 0.717) is 12.0 Å². The van der Waals surface area contributed by atoms with E-state index in [-0.39, 0.29) is 23.5 Å². The third-order valence-corrected chi connectivity index (χ3v) is 5.57. The Bertz CT molecular complexity index is 578. The van der Waals surface area contributed by atoms with Crippen LogP contribution in [-0.4, -0.2) is 43.8 Å². The highest BCUT2D eigenvalue weighted by molar-refractivity contribution is 7.91. The maximum Gasteiger partial charge on any atom is 0.253 e. The van der Waals surface area contributed by atoms with Crippen LogP contribution in [0.15, 0.2) is 24.3 Å². The molecule has 0 spiro atoms. The maximum absolute atomic E-state index is 12.3. The van der Waals surface area contributed by atoms with E-state index in [0.717, 1.165) is 12.8 Å². The predicted molar refractivity (Wildman–Crippen MR) is 79.6 cm³/mol. The molecule has 1 aliphatic rings. The number of hydrogen-bond acceptors (Lipinski definition) is 3. The van der Waals surface area contributed by atoms with Gasteiger partial charge in [-0.25, -0.2) is 8.42 Å². The van der Waals surface area contributed by atoms with Crippen molar-refractivity contribution in [1.29, 1.82) is 0 Å². The molecule has 0 radical (unpaired) electrons. The number of carbonyl (C=O) groups excluding carboxylic acids is 1. The average molecular weight is 295 g/mol. The summed E-state index contributed by atoms with van der Waals surface area (Å²) in [6, 6.07) is 7.40. The first kappa shape index (κ1) is 15.0. The van der Waals surface area contributed by atoms with E-state index in [1.165, 1.54) is 5.56 Å². The molecule has 1 aromatic rings. The molecule has 0 N–H and O–H groups in total. The number of carbonyl (C=O) groups is 1. The molecule has 0 aromatic heterocycles. The summed E-state index contributed by atoms with van der Waals surface area (Å²) < 4.78 is 23.0. The molecule has 1 atom stereocenters. The van der Waals surface area contributed by atoms with Crippen LogP contribution in [0.25, 0.3) is 0 Å². The number of benzene rings is 1. The molecule has 1 aromatic carbocycles. The molecule has 1 fully saturated rings. The summed E-state index contributed by atoms with van der Waals surface area (Å²) in [6.45, 7) is 2.12. The molecule has 1 heterocycles. The Hall–Kier alpha value is -1.36. The Labute approximate surface area is 120 Å². The first-order valence-electron chi connectivity index (χ1n) is 6.99. The van der Waals surface area contributed by atoms with Crippen molar-refractivity contribution in [2.45, 2.75) is 32.2 Å². The zero-order valence-electron chi connectivity index (χ0n) is 12.0. The van der Waals surface area contributed by atoms with Gasteiger partial charge < -0.3 is 4.90 Å². The Balaban J connectivity index is 2.07. The number of hydrogen-bond donors (Lipinski definition) is 0. The second-order valence-corrected chi connectivity index (χ2v) is 7.65. The lowest BCUT2D eigenvalue weighted by Crippen LogP contribution is -2.37. The number of amides is 1. The van der Waals surface area contributed by atoms with Gasteiger partial charge in [0.05, 0.1) is 11.5 Å². The minimum Gasteiger partial charge on any atom is -0.338 e. The van der Waals surface area contributed by atoms with Gasteiger partial charge in [-0.05, 0) is 30.5 Å². The summed E-state index contributed by atoms with van der Waals surface area (Å²) in [4.78, 5) is 13.9. The molecule has 1 aliphatic heterocycles. The monoisotopic (exact) mass is 295 g/mol. The van der Waals surface area contributed by atoms with Gasteiger partial charge in [0, 0.05) is 18.7 Å². The Morgan fingerprint density at radius 2 is 1.95 bits per heavy atom. The minimum atomic E-state index is -2.96. The van der Waals surface area contributed by atoms with E-state index in [1.54, 1.807) is 11.9 Å². The van der Waals surface area contributed by atoms with Gasteiger partial charge in [0.25, 0.3) is 5.91 Å². The predicted octanol–water partition coefficient (Wildman–Crippen LogP) is 1.90. The van der Waals surface area contributed by atoms with Gasteiger partial charge >= 0.3 is 0 Å². The summed E-state index contributed by atoms with van der Waals surface area (Å²) in [7, 11) is -1.28. The number of sulfone groups is 1. The zero-order chi connectivity index (χ0) is 14.8. The van der Waals surface area contributed by atoms with Gasteiger partial charge in [-0.3, -0.25) is 4.79 Å². The van der Waals surface area contributed by atoms with Crippen molar-refractivity contribution in [1.82, 2.24) is 4.90 Å². The van der Waals surface area contributed by atoms with Gasteiger partial charge in [-0.1, -0.05) is 25.5 Å². The normalized spacial score (nSPS) is 20.8. The van der Waals surface area contributed by atoms with Crippen molar-refractivity contribution in [3.63, 3.8) is 0 Å². The van der Waals surface area contributed by atoms with Crippen LogP contribution in [0.1, 0.15) is 35.7 Å². The highest BCUT2D eigenvalue weighted by atomic mass is 32.2. The summed E-state index contributed by atoms with van der Waals surface area (Å²) >= 11 is 0. The fourth-order valence-electron chi connectivity index (χ4n) is 2.55. The smallest absolute Gasteiger partial charge is 0.253 e. The average Bonchev–Trinajstić information content (AvgIpc) is 2.79. The van der Waals surface area contributed by atoms with Gasteiger partial charge in [0.15, 0.2) is 9.84 Å². The fourth-order valence-corrected chi connectivity index (χ4v) is 4.33. The number of nitrogens with zero attached hydrogens (tertiary/aromatic N) is 1. The third kappa shape index (κ3) is 3.39. The standard InChI is InChI=1S/C15H21NO3S/c1-3-4-12-5-7-13(8-6-12)15(17)16(2)14-9-10-20(18,19)11-14/h5-8,14H,3-4,9-11H2,1-2H3. The quantitative estimate of drug-likeness (QED) is 0.852. The van der Waals surface area contributed by atoms with Crippen molar-refractivity contribution >= 4 is 15.7 Å². The van der Waals surface area contributed by atoms with Crippen LogP contribution in [-0.2, 0) is 16.3 Å². The lowest BCUT2D eigenvalue weighted by molar-refractivity contribution is 0.0747. The largest absolute Gasteiger partial charge is 0.338 e. The van der Waals surface area contributed by atoms with Crippen LogP contribution in [0.5, 0.6) is 0 Å². The third-order valence-electron chi connectivity index (χ3n) is 3.82. The highest BCUT2D eigenvalue weighted by Crippen LogP contribution is 2.19.